The molecule has 0 amide bonds. The summed E-state index contributed by atoms with van der Waals surface area (Å²) in [4.78, 5) is 8.03. The SMILES string of the molecule is Ic1cncnc1O[C@H]1CCCNC1. The van der Waals surface area contributed by atoms with Crippen molar-refractivity contribution in [2.45, 2.75) is 18.9 Å². The minimum absolute atomic E-state index is 0.257. The molecule has 2 rings (SSSR count). The van der Waals surface area contributed by atoms with E-state index in [0.717, 1.165) is 23.1 Å². The molecule has 76 valence electrons. The Morgan fingerprint density at radius 2 is 2.50 bits per heavy atom. The van der Waals surface area contributed by atoms with Crippen LogP contribution in [0, 0.1) is 3.57 Å². The van der Waals surface area contributed by atoms with Crippen molar-refractivity contribution in [1.29, 1.82) is 0 Å². The maximum atomic E-state index is 5.76. The first kappa shape index (κ1) is 10.1. The number of rotatable bonds is 2. The van der Waals surface area contributed by atoms with Crippen molar-refractivity contribution in [2.24, 2.45) is 0 Å². The Labute approximate surface area is 96.6 Å². The first-order chi connectivity index (χ1) is 6.86. The molecule has 0 radical (unpaired) electrons. The van der Waals surface area contributed by atoms with Gasteiger partial charge in [0.15, 0.2) is 0 Å². The van der Waals surface area contributed by atoms with Crippen molar-refractivity contribution in [3.63, 3.8) is 0 Å². The second-order valence-electron chi connectivity index (χ2n) is 3.26. The smallest absolute Gasteiger partial charge is 0.230 e. The lowest BCUT2D eigenvalue weighted by molar-refractivity contribution is 0.159. The van der Waals surface area contributed by atoms with Crippen molar-refractivity contribution in [3.05, 3.63) is 16.1 Å². The monoisotopic (exact) mass is 305 g/mol. The Hall–Kier alpha value is -0.430. The Bertz CT molecular complexity index is 302. The van der Waals surface area contributed by atoms with Crippen molar-refractivity contribution in [3.8, 4) is 5.88 Å². The molecular formula is C9H12IN3O. The molecule has 0 aliphatic carbocycles. The van der Waals surface area contributed by atoms with Gasteiger partial charge < -0.3 is 10.1 Å². The normalized spacial score (nSPS) is 21.9. The summed E-state index contributed by atoms with van der Waals surface area (Å²) < 4.78 is 6.73. The maximum Gasteiger partial charge on any atom is 0.230 e. The van der Waals surface area contributed by atoms with Gasteiger partial charge in [0, 0.05) is 12.7 Å². The minimum Gasteiger partial charge on any atom is -0.472 e. The molecule has 14 heavy (non-hydrogen) atoms. The number of nitrogens with one attached hydrogen (secondary N) is 1. The van der Waals surface area contributed by atoms with Crippen LogP contribution < -0.4 is 10.1 Å². The standard InChI is InChI=1S/C9H12IN3O/c10-8-5-12-6-13-9(8)14-7-2-1-3-11-4-7/h5-7,11H,1-4H2/t7-/m0/s1. The summed E-state index contributed by atoms with van der Waals surface area (Å²) in [5.41, 5.74) is 0. The van der Waals surface area contributed by atoms with E-state index >= 15 is 0 Å². The quantitative estimate of drug-likeness (QED) is 0.835. The van der Waals surface area contributed by atoms with E-state index in [4.69, 9.17) is 4.74 Å². The predicted octanol–water partition coefficient (Wildman–Crippen LogP) is 1.21. The van der Waals surface area contributed by atoms with Crippen LogP contribution in [0.2, 0.25) is 0 Å². The lowest BCUT2D eigenvalue weighted by Gasteiger charge is -2.23. The third-order valence-corrected chi connectivity index (χ3v) is 2.90. The van der Waals surface area contributed by atoms with Gasteiger partial charge in [-0.1, -0.05) is 0 Å². The fraction of sp³-hybridized carbons (Fsp3) is 0.556. The summed E-state index contributed by atoms with van der Waals surface area (Å²) in [6.45, 7) is 2.01. The number of nitrogens with zero attached hydrogens (tertiary/aromatic N) is 2. The number of hydrogen-bond donors (Lipinski definition) is 1. The van der Waals surface area contributed by atoms with E-state index in [0.29, 0.717) is 5.88 Å². The fourth-order valence-corrected chi connectivity index (χ4v) is 1.89. The van der Waals surface area contributed by atoms with Crippen molar-refractivity contribution >= 4 is 22.6 Å². The third-order valence-electron chi connectivity index (χ3n) is 2.16. The molecule has 1 saturated heterocycles. The molecule has 1 aliphatic heterocycles. The zero-order valence-corrected chi connectivity index (χ0v) is 9.90. The molecule has 1 aromatic rings. The minimum atomic E-state index is 0.257. The average Bonchev–Trinajstić information content (AvgIpc) is 2.23. The van der Waals surface area contributed by atoms with Crippen molar-refractivity contribution in [1.82, 2.24) is 15.3 Å². The molecule has 1 aliphatic rings. The summed E-state index contributed by atoms with van der Waals surface area (Å²) in [5, 5.41) is 3.30. The highest BCUT2D eigenvalue weighted by atomic mass is 127. The van der Waals surface area contributed by atoms with Crippen LogP contribution in [-0.4, -0.2) is 29.2 Å². The van der Waals surface area contributed by atoms with Crippen LogP contribution in [0.5, 0.6) is 5.88 Å². The number of halogens is 1. The van der Waals surface area contributed by atoms with E-state index < -0.39 is 0 Å². The first-order valence-electron chi connectivity index (χ1n) is 4.69. The van der Waals surface area contributed by atoms with Crippen LogP contribution in [0.1, 0.15) is 12.8 Å². The molecule has 0 bridgehead atoms. The Morgan fingerprint density at radius 1 is 1.57 bits per heavy atom. The zero-order chi connectivity index (χ0) is 9.80. The second-order valence-corrected chi connectivity index (χ2v) is 4.42. The summed E-state index contributed by atoms with van der Waals surface area (Å²) in [7, 11) is 0. The molecule has 0 aromatic carbocycles. The van der Waals surface area contributed by atoms with Crippen LogP contribution in [0.3, 0.4) is 0 Å². The predicted molar refractivity (Wildman–Crippen MR) is 61.3 cm³/mol. The van der Waals surface area contributed by atoms with Gasteiger partial charge in [-0.3, -0.25) is 0 Å². The van der Waals surface area contributed by atoms with Gasteiger partial charge in [-0.2, -0.15) is 0 Å². The summed E-state index contributed by atoms with van der Waals surface area (Å²) in [6, 6.07) is 0. The number of hydrogen-bond acceptors (Lipinski definition) is 4. The number of piperidine rings is 1. The molecule has 0 spiro atoms. The van der Waals surface area contributed by atoms with E-state index in [2.05, 4.69) is 37.9 Å². The van der Waals surface area contributed by atoms with Gasteiger partial charge in [-0.05, 0) is 42.0 Å². The first-order valence-corrected chi connectivity index (χ1v) is 5.77. The van der Waals surface area contributed by atoms with Crippen molar-refractivity contribution in [2.75, 3.05) is 13.1 Å². The molecule has 2 heterocycles. The molecule has 5 heteroatoms. The topological polar surface area (TPSA) is 47.0 Å². The molecule has 4 nitrogen and oxygen atoms in total. The molecule has 0 saturated carbocycles. The van der Waals surface area contributed by atoms with Crippen LogP contribution >= 0.6 is 22.6 Å². The van der Waals surface area contributed by atoms with E-state index in [1.165, 1.54) is 12.7 Å². The lowest BCUT2D eigenvalue weighted by atomic mass is 10.1. The maximum absolute atomic E-state index is 5.76. The highest BCUT2D eigenvalue weighted by Gasteiger charge is 2.15. The number of aromatic nitrogens is 2. The van der Waals surface area contributed by atoms with Gasteiger partial charge >= 0.3 is 0 Å². The Morgan fingerprint density at radius 3 is 3.21 bits per heavy atom. The van der Waals surface area contributed by atoms with E-state index in [1.807, 2.05) is 0 Å². The van der Waals surface area contributed by atoms with Gasteiger partial charge in [-0.15, -0.1) is 0 Å². The summed E-state index contributed by atoms with van der Waals surface area (Å²) >= 11 is 2.19. The van der Waals surface area contributed by atoms with Crippen molar-refractivity contribution < 1.29 is 4.74 Å². The largest absolute Gasteiger partial charge is 0.472 e. The lowest BCUT2D eigenvalue weighted by Crippen LogP contribution is -2.37. The Kier molecular flexibility index (Phi) is 3.52. The summed E-state index contributed by atoms with van der Waals surface area (Å²) in [5.74, 6) is 0.703. The van der Waals surface area contributed by atoms with E-state index in [1.54, 1.807) is 6.20 Å². The molecule has 0 unspecified atom stereocenters. The highest BCUT2D eigenvalue weighted by Crippen LogP contribution is 2.18. The van der Waals surface area contributed by atoms with Crippen LogP contribution in [0.4, 0.5) is 0 Å². The van der Waals surface area contributed by atoms with Crippen LogP contribution in [0.25, 0.3) is 0 Å². The average molecular weight is 305 g/mol. The Balaban J connectivity index is 1.99. The third kappa shape index (κ3) is 2.54. The van der Waals surface area contributed by atoms with Gasteiger partial charge in [0.05, 0.1) is 3.57 Å². The second kappa shape index (κ2) is 4.88. The van der Waals surface area contributed by atoms with Gasteiger partial charge in [-0.25, -0.2) is 9.97 Å². The zero-order valence-electron chi connectivity index (χ0n) is 7.74. The summed E-state index contributed by atoms with van der Waals surface area (Å²) in [6.07, 6.45) is 5.82. The van der Waals surface area contributed by atoms with Gasteiger partial charge in [0.2, 0.25) is 5.88 Å². The molecule has 1 fully saturated rings. The van der Waals surface area contributed by atoms with Crippen LogP contribution in [-0.2, 0) is 0 Å². The van der Waals surface area contributed by atoms with Gasteiger partial charge in [0.25, 0.3) is 0 Å². The van der Waals surface area contributed by atoms with E-state index in [9.17, 15) is 0 Å². The van der Waals surface area contributed by atoms with Gasteiger partial charge in [0.1, 0.15) is 12.4 Å². The molecule has 1 atom stereocenters. The van der Waals surface area contributed by atoms with E-state index in [-0.39, 0.29) is 6.10 Å². The molecule has 1 aromatic heterocycles. The number of ether oxygens (including phenoxy) is 1. The molecule has 1 N–H and O–H groups in total. The molecular weight excluding hydrogens is 293 g/mol. The fourth-order valence-electron chi connectivity index (χ4n) is 1.47. The van der Waals surface area contributed by atoms with Crippen LogP contribution in [0.15, 0.2) is 12.5 Å². The highest BCUT2D eigenvalue weighted by molar-refractivity contribution is 14.1.